The summed E-state index contributed by atoms with van der Waals surface area (Å²) in [4.78, 5) is 44.2. The van der Waals surface area contributed by atoms with Crippen LogP contribution in [0.1, 0.15) is 349 Å². The van der Waals surface area contributed by atoms with Crippen molar-refractivity contribution in [3.63, 3.8) is 0 Å². The molecule has 0 aliphatic carbocycles. The Morgan fingerprint density at radius 1 is 0.315 bits per heavy atom. The van der Waals surface area contributed by atoms with Crippen molar-refractivity contribution in [3.05, 3.63) is 0 Å². The van der Waals surface area contributed by atoms with Crippen molar-refractivity contribution in [2.24, 2.45) is 11.8 Å². The maximum absolute atomic E-state index is 14.1. The van der Waals surface area contributed by atoms with Crippen LogP contribution in [0.2, 0.25) is 0 Å². The van der Waals surface area contributed by atoms with Crippen LogP contribution in [-0.2, 0) is 23.9 Å². The van der Waals surface area contributed by atoms with Gasteiger partial charge in [-0.15, -0.1) is 0 Å². The zero-order chi connectivity index (χ0) is 53.5. The van der Waals surface area contributed by atoms with E-state index in [9.17, 15) is 14.4 Å². The van der Waals surface area contributed by atoms with Crippen LogP contribution in [-0.4, -0.2) is 74.1 Å². The Hall–Kier alpha value is -1.63. The number of esters is 2. The Kier molecular flexibility index (Phi) is 55.3. The molecule has 1 unspecified atom stereocenters. The maximum atomic E-state index is 14.1. The van der Waals surface area contributed by atoms with E-state index in [-0.39, 0.29) is 11.9 Å². The number of hydrogen-bond acceptors (Lipinski definition) is 6. The third-order valence-electron chi connectivity index (χ3n) is 16.0. The Bertz CT molecular complexity index is 1130. The molecule has 0 heterocycles. The number of unbranched alkanes of at least 4 members (excludes halogenated alkanes) is 30. The van der Waals surface area contributed by atoms with Gasteiger partial charge < -0.3 is 19.3 Å². The van der Waals surface area contributed by atoms with Gasteiger partial charge in [0.25, 0.3) is 0 Å². The topological polar surface area (TPSA) is 76.1 Å². The molecule has 0 aromatic carbocycles. The van der Waals surface area contributed by atoms with Gasteiger partial charge >= 0.3 is 11.9 Å². The second-order valence-corrected chi connectivity index (χ2v) is 23.4. The number of carbonyl (C=O) groups is 3. The highest BCUT2D eigenvalue weighted by Crippen LogP contribution is 2.25. The van der Waals surface area contributed by atoms with Crippen LogP contribution in [0, 0.1) is 11.8 Å². The molecule has 0 saturated heterocycles. The Labute approximate surface area is 457 Å². The third-order valence-corrected chi connectivity index (χ3v) is 16.0. The fourth-order valence-electron chi connectivity index (χ4n) is 11.1. The van der Waals surface area contributed by atoms with Crippen LogP contribution in [0.4, 0.5) is 0 Å². The first-order chi connectivity index (χ1) is 35.7. The second-order valence-electron chi connectivity index (χ2n) is 23.4. The largest absolute Gasteiger partial charge is 0.466 e. The molecule has 0 spiro atoms. The van der Waals surface area contributed by atoms with Crippen LogP contribution >= 0.6 is 0 Å². The lowest BCUT2D eigenvalue weighted by Gasteiger charge is -2.33. The molecule has 0 N–H and O–H groups in total. The lowest BCUT2D eigenvalue weighted by molar-refractivity contribution is -0.145. The predicted molar refractivity (Wildman–Crippen MR) is 318 cm³/mol. The van der Waals surface area contributed by atoms with E-state index in [1.165, 1.54) is 205 Å². The average Bonchev–Trinajstić information content (AvgIpc) is 3.37. The summed E-state index contributed by atoms with van der Waals surface area (Å²) in [7, 11) is 4.20. The third kappa shape index (κ3) is 49.7. The summed E-state index contributed by atoms with van der Waals surface area (Å²) in [6.45, 7) is 14.4. The number of hydrogen-bond donors (Lipinski definition) is 0. The minimum absolute atomic E-state index is 0.0162. The molecule has 0 saturated carbocycles. The maximum Gasteiger partial charge on any atom is 0.305 e. The molecular formula is C66H130N2O5. The molecule has 434 valence electrons. The van der Waals surface area contributed by atoms with Crippen LogP contribution in [0.5, 0.6) is 0 Å². The molecule has 0 aliphatic heterocycles. The number of amides is 1. The van der Waals surface area contributed by atoms with Gasteiger partial charge in [0, 0.05) is 31.8 Å². The quantitative estimate of drug-likeness (QED) is 0.0446. The number of rotatable bonds is 59. The SMILES string of the molecule is CCCCCCCCCCC(CCCCCCC(=O)OCCC(CCCCCCC)CCCCCCC)N(CCCCCCCC(=O)OCCC(CCCCCCC)CCCCCCC)C(=O)CCCN(C)C. The second kappa shape index (κ2) is 56.6. The molecule has 0 rings (SSSR count). The molecule has 0 aliphatic rings. The van der Waals surface area contributed by atoms with Gasteiger partial charge in [-0.3, -0.25) is 14.4 Å². The zero-order valence-electron chi connectivity index (χ0n) is 50.6. The Morgan fingerprint density at radius 2 is 0.616 bits per heavy atom. The van der Waals surface area contributed by atoms with Crippen molar-refractivity contribution < 1.29 is 23.9 Å². The summed E-state index contributed by atoms with van der Waals surface area (Å²) >= 11 is 0. The summed E-state index contributed by atoms with van der Waals surface area (Å²) in [6, 6.07) is 0.291. The van der Waals surface area contributed by atoms with E-state index in [2.05, 4.69) is 58.5 Å². The summed E-state index contributed by atoms with van der Waals surface area (Å²) in [5.41, 5.74) is 0. The first-order valence-electron chi connectivity index (χ1n) is 33.0. The van der Waals surface area contributed by atoms with Gasteiger partial charge in [-0.25, -0.2) is 0 Å². The normalized spacial score (nSPS) is 12.1. The van der Waals surface area contributed by atoms with Crippen LogP contribution in [0.3, 0.4) is 0 Å². The van der Waals surface area contributed by atoms with Crippen molar-refractivity contribution in [1.29, 1.82) is 0 Å². The Morgan fingerprint density at radius 3 is 0.959 bits per heavy atom. The monoisotopic (exact) mass is 1030 g/mol. The molecular weight excluding hydrogens is 901 g/mol. The average molecular weight is 1030 g/mol. The van der Waals surface area contributed by atoms with Crippen LogP contribution in [0.15, 0.2) is 0 Å². The molecule has 7 nitrogen and oxygen atoms in total. The summed E-state index contributed by atoms with van der Waals surface area (Å²) in [5, 5.41) is 0. The molecule has 0 fully saturated rings. The fourth-order valence-corrected chi connectivity index (χ4v) is 11.1. The lowest BCUT2D eigenvalue weighted by Crippen LogP contribution is -2.41. The lowest BCUT2D eigenvalue weighted by atomic mass is 9.92. The van der Waals surface area contributed by atoms with E-state index in [1.54, 1.807) is 0 Å². The van der Waals surface area contributed by atoms with Crippen molar-refractivity contribution in [1.82, 2.24) is 9.80 Å². The van der Waals surface area contributed by atoms with Gasteiger partial charge in [0.1, 0.15) is 0 Å². The zero-order valence-corrected chi connectivity index (χ0v) is 50.6. The van der Waals surface area contributed by atoms with Gasteiger partial charge in [-0.1, -0.05) is 279 Å². The van der Waals surface area contributed by atoms with Crippen LogP contribution in [0.25, 0.3) is 0 Å². The molecule has 1 atom stereocenters. The molecule has 0 aromatic rings. The molecule has 1 amide bonds. The van der Waals surface area contributed by atoms with E-state index in [0.717, 1.165) is 103 Å². The van der Waals surface area contributed by atoms with Crippen molar-refractivity contribution in [3.8, 4) is 0 Å². The van der Waals surface area contributed by atoms with Gasteiger partial charge in [0.2, 0.25) is 5.91 Å². The fraction of sp³-hybridized carbons (Fsp3) is 0.955. The minimum Gasteiger partial charge on any atom is -0.466 e. The summed E-state index contributed by atoms with van der Waals surface area (Å²) < 4.78 is 11.6. The molecule has 7 heteroatoms. The molecule has 73 heavy (non-hydrogen) atoms. The number of nitrogens with zero attached hydrogens (tertiary/aromatic N) is 2. The summed E-state index contributed by atoms with van der Waals surface area (Å²) in [6.07, 6.45) is 58.2. The van der Waals surface area contributed by atoms with Gasteiger partial charge in [0.15, 0.2) is 0 Å². The molecule has 0 radical (unpaired) electrons. The first-order valence-corrected chi connectivity index (χ1v) is 33.0. The number of ether oxygens (including phenoxy) is 2. The standard InChI is InChI=1S/C66H130N2O5/c1-8-13-18-23-24-25-31-40-50-63(51-41-33-34-43-54-66(71)73-60-56-62(48-38-29-21-16-11-4)49-39-30-22-17-12-5)68(64(69)52-45-57-67(6)7)58-44-35-26-32-42-53-65(70)72-59-55-61(46-36-27-19-14-9-2)47-37-28-20-15-10-3/h61-63H,8-60H2,1-7H3. The van der Waals surface area contributed by atoms with Gasteiger partial charge in [-0.2, -0.15) is 0 Å². The number of carbonyl (C=O) groups excluding carboxylic acids is 3. The highest BCUT2D eigenvalue weighted by atomic mass is 16.5. The van der Waals surface area contributed by atoms with E-state index in [0.29, 0.717) is 56.3 Å². The minimum atomic E-state index is -0.0197. The van der Waals surface area contributed by atoms with Crippen molar-refractivity contribution in [2.75, 3.05) is 40.4 Å². The van der Waals surface area contributed by atoms with E-state index in [4.69, 9.17) is 9.47 Å². The van der Waals surface area contributed by atoms with Gasteiger partial charge in [0.05, 0.1) is 13.2 Å². The van der Waals surface area contributed by atoms with Crippen molar-refractivity contribution >= 4 is 17.8 Å². The first kappa shape index (κ1) is 71.4. The van der Waals surface area contributed by atoms with E-state index in [1.807, 2.05) is 0 Å². The highest BCUT2D eigenvalue weighted by molar-refractivity contribution is 5.76. The smallest absolute Gasteiger partial charge is 0.305 e. The van der Waals surface area contributed by atoms with Gasteiger partial charge in [-0.05, 0) is 83.8 Å². The van der Waals surface area contributed by atoms with E-state index < -0.39 is 0 Å². The summed E-state index contributed by atoms with van der Waals surface area (Å²) in [5.74, 6) is 1.68. The van der Waals surface area contributed by atoms with E-state index >= 15 is 0 Å². The van der Waals surface area contributed by atoms with Crippen LogP contribution < -0.4 is 0 Å². The van der Waals surface area contributed by atoms with Crippen molar-refractivity contribution in [2.45, 2.75) is 355 Å². The Balaban J connectivity index is 5.15. The molecule has 0 bridgehead atoms. The molecule has 0 aromatic heterocycles. The predicted octanol–water partition coefficient (Wildman–Crippen LogP) is 20.3. The highest BCUT2D eigenvalue weighted by Gasteiger charge is 2.23.